The highest BCUT2D eigenvalue weighted by atomic mass is 16.5. The second-order valence-electron chi connectivity index (χ2n) is 4.80. The van der Waals surface area contributed by atoms with Crippen LogP contribution in [0.5, 0.6) is 11.6 Å². The fourth-order valence-electron chi connectivity index (χ4n) is 2.03. The van der Waals surface area contributed by atoms with Gasteiger partial charge in [-0.25, -0.2) is 4.98 Å². The lowest BCUT2D eigenvalue weighted by atomic mass is 10.1. The molecule has 0 saturated heterocycles. The summed E-state index contributed by atoms with van der Waals surface area (Å²) < 4.78 is 5.85. The molecule has 0 radical (unpaired) electrons. The van der Waals surface area contributed by atoms with Gasteiger partial charge in [-0.05, 0) is 45.0 Å². The van der Waals surface area contributed by atoms with Crippen molar-refractivity contribution in [2.75, 3.05) is 7.05 Å². The Morgan fingerprint density at radius 2 is 1.89 bits per heavy atom. The maximum atomic E-state index is 5.85. The summed E-state index contributed by atoms with van der Waals surface area (Å²) >= 11 is 0. The van der Waals surface area contributed by atoms with E-state index in [-0.39, 0.29) is 0 Å². The number of benzene rings is 1. The van der Waals surface area contributed by atoms with Crippen molar-refractivity contribution in [2.24, 2.45) is 0 Å². The van der Waals surface area contributed by atoms with Crippen molar-refractivity contribution in [3.05, 3.63) is 52.7 Å². The first-order chi connectivity index (χ1) is 9.10. The lowest BCUT2D eigenvalue weighted by molar-refractivity contribution is 0.457. The van der Waals surface area contributed by atoms with Crippen LogP contribution in [0.1, 0.15) is 22.4 Å². The molecule has 0 atom stereocenters. The predicted octanol–water partition coefficient (Wildman–Crippen LogP) is 3.52. The fourth-order valence-corrected chi connectivity index (χ4v) is 2.03. The van der Waals surface area contributed by atoms with Gasteiger partial charge in [-0.1, -0.05) is 23.8 Å². The molecule has 3 nitrogen and oxygen atoms in total. The van der Waals surface area contributed by atoms with Crippen LogP contribution in [0.2, 0.25) is 0 Å². The third-order valence-electron chi connectivity index (χ3n) is 3.08. The number of nitrogens with one attached hydrogen (secondary N) is 1. The quantitative estimate of drug-likeness (QED) is 0.908. The summed E-state index contributed by atoms with van der Waals surface area (Å²) in [5.74, 6) is 1.50. The Labute approximate surface area is 114 Å². The zero-order chi connectivity index (χ0) is 13.8. The molecule has 1 heterocycles. The smallest absolute Gasteiger partial charge is 0.219 e. The number of pyridine rings is 1. The minimum absolute atomic E-state index is 0.643. The van der Waals surface area contributed by atoms with Gasteiger partial charge in [0, 0.05) is 18.3 Å². The lowest BCUT2D eigenvalue weighted by Gasteiger charge is -2.10. The van der Waals surface area contributed by atoms with Crippen LogP contribution in [-0.4, -0.2) is 12.0 Å². The largest absolute Gasteiger partial charge is 0.439 e. The number of aromatic nitrogens is 1. The summed E-state index contributed by atoms with van der Waals surface area (Å²) in [7, 11) is 1.93. The zero-order valence-electron chi connectivity index (χ0n) is 11.9. The molecule has 0 aliphatic heterocycles. The summed E-state index contributed by atoms with van der Waals surface area (Å²) in [6.45, 7) is 6.94. The van der Waals surface area contributed by atoms with Gasteiger partial charge in [-0.15, -0.1) is 0 Å². The molecule has 19 heavy (non-hydrogen) atoms. The molecular weight excluding hydrogens is 236 g/mol. The molecule has 0 aliphatic rings. The van der Waals surface area contributed by atoms with Crippen LogP contribution in [0.4, 0.5) is 0 Å². The SMILES string of the molecule is CNCc1ccc(Oc2ccc(C)cc2C)nc1C. The predicted molar refractivity (Wildman–Crippen MR) is 77.7 cm³/mol. The molecular formula is C16H20N2O. The molecule has 1 N–H and O–H groups in total. The van der Waals surface area contributed by atoms with Crippen LogP contribution >= 0.6 is 0 Å². The number of ether oxygens (including phenoxy) is 1. The first-order valence-corrected chi connectivity index (χ1v) is 6.46. The summed E-state index contributed by atoms with van der Waals surface area (Å²) in [5.41, 5.74) is 4.55. The molecule has 0 fully saturated rings. The summed E-state index contributed by atoms with van der Waals surface area (Å²) in [6, 6.07) is 10.1. The average molecular weight is 256 g/mol. The van der Waals surface area contributed by atoms with E-state index in [1.54, 1.807) is 0 Å². The molecule has 0 amide bonds. The maximum Gasteiger partial charge on any atom is 0.219 e. The Hall–Kier alpha value is -1.87. The first kappa shape index (κ1) is 13.6. The van der Waals surface area contributed by atoms with Gasteiger partial charge in [0.05, 0.1) is 0 Å². The van der Waals surface area contributed by atoms with Crippen molar-refractivity contribution in [1.29, 1.82) is 0 Å². The molecule has 0 unspecified atom stereocenters. The molecule has 0 bridgehead atoms. The van der Waals surface area contributed by atoms with E-state index < -0.39 is 0 Å². The van der Waals surface area contributed by atoms with Gasteiger partial charge < -0.3 is 10.1 Å². The number of rotatable bonds is 4. The van der Waals surface area contributed by atoms with Crippen LogP contribution in [0, 0.1) is 20.8 Å². The molecule has 2 aromatic rings. The van der Waals surface area contributed by atoms with E-state index in [0.29, 0.717) is 5.88 Å². The van der Waals surface area contributed by atoms with Gasteiger partial charge in [0.2, 0.25) is 5.88 Å². The van der Waals surface area contributed by atoms with Crippen molar-refractivity contribution in [1.82, 2.24) is 10.3 Å². The van der Waals surface area contributed by atoms with Crippen molar-refractivity contribution < 1.29 is 4.74 Å². The van der Waals surface area contributed by atoms with E-state index in [1.165, 1.54) is 11.1 Å². The van der Waals surface area contributed by atoms with E-state index in [1.807, 2.05) is 39.1 Å². The summed E-state index contributed by atoms with van der Waals surface area (Å²) in [6.07, 6.45) is 0. The van der Waals surface area contributed by atoms with E-state index in [4.69, 9.17) is 4.74 Å². The molecule has 3 heteroatoms. The van der Waals surface area contributed by atoms with Crippen molar-refractivity contribution in [3.8, 4) is 11.6 Å². The highest BCUT2D eigenvalue weighted by Gasteiger charge is 2.05. The van der Waals surface area contributed by atoms with Crippen molar-refractivity contribution in [2.45, 2.75) is 27.3 Å². The van der Waals surface area contributed by atoms with E-state index in [2.05, 4.69) is 29.4 Å². The topological polar surface area (TPSA) is 34.1 Å². The number of hydrogen-bond donors (Lipinski definition) is 1. The third kappa shape index (κ3) is 3.32. The zero-order valence-corrected chi connectivity index (χ0v) is 11.9. The van der Waals surface area contributed by atoms with E-state index in [0.717, 1.165) is 23.6 Å². The van der Waals surface area contributed by atoms with E-state index >= 15 is 0 Å². The Morgan fingerprint density at radius 1 is 1.11 bits per heavy atom. The summed E-state index contributed by atoms with van der Waals surface area (Å²) in [4.78, 5) is 4.49. The van der Waals surface area contributed by atoms with Crippen LogP contribution in [0.15, 0.2) is 30.3 Å². The van der Waals surface area contributed by atoms with Crippen LogP contribution in [-0.2, 0) is 6.54 Å². The van der Waals surface area contributed by atoms with Gasteiger partial charge in [-0.3, -0.25) is 0 Å². The second-order valence-corrected chi connectivity index (χ2v) is 4.80. The Balaban J connectivity index is 2.21. The van der Waals surface area contributed by atoms with Crippen LogP contribution < -0.4 is 10.1 Å². The minimum atomic E-state index is 0.643. The maximum absolute atomic E-state index is 5.85. The summed E-state index contributed by atoms with van der Waals surface area (Å²) in [5, 5.41) is 3.13. The Bertz CT molecular complexity index is 579. The van der Waals surface area contributed by atoms with Gasteiger partial charge in [0.25, 0.3) is 0 Å². The molecule has 1 aromatic heterocycles. The molecule has 0 saturated carbocycles. The van der Waals surface area contributed by atoms with Gasteiger partial charge in [0.1, 0.15) is 5.75 Å². The standard InChI is InChI=1S/C16H20N2O/c1-11-5-7-15(12(2)9-11)19-16-8-6-14(10-17-4)13(3)18-16/h5-9,17H,10H2,1-4H3. The van der Waals surface area contributed by atoms with Gasteiger partial charge in [-0.2, -0.15) is 0 Å². The van der Waals surface area contributed by atoms with Gasteiger partial charge in [0.15, 0.2) is 0 Å². The lowest BCUT2D eigenvalue weighted by Crippen LogP contribution is -2.07. The monoisotopic (exact) mass is 256 g/mol. The average Bonchev–Trinajstić information content (AvgIpc) is 2.36. The Morgan fingerprint density at radius 3 is 2.53 bits per heavy atom. The molecule has 100 valence electrons. The highest BCUT2D eigenvalue weighted by Crippen LogP contribution is 2.25. The minimum Gasteiger partial charge on any atom is -0.439 e. The third-order valence-corrected chi connectivity index (χ3v) is 3.08. The number of hydrogen-bond acceptors (Lipinski definition) is 3. The number of nitrogens with zero attached hydrogens (tertiary/aromatic N) is 1. The molecule has 0 aliphatic carbocycles. The van der Waals surface area contributed by atoms with Gasteiger partial charge >= 0.3 is 0 Å². The second kappa shape index (κ2) is 5.85. The fraction of sp³-hybridized carbons (Fsp3) is 0.312. The normalized spacial score (nSPS) is 10.5. The van der Waals surface area contributed by atoms with E-state index in [9.17, 15) is 0 Å². The Kier molecular flexibility index (Phi) is 4.17. The van der Waals surface area contributed by atoms with Crippen molar-refractivity contribution >= 4 is 0 Å². The van der Waals surface area contributed by atoms with Crippen LogP contribution in [0.25, 0.3) is 0 Å². The molecule has 0 spiro atoms. The first-order valence-electron chi connectivity index (χ1n) is 6.46. The van der Waals surface area contributed by atoms with Crippen LogP contribution in [0.3, 0.4) is 0 Å². The highest BCUT2D eigenvalue weighted by molar-refractivity contribution is 5.38. The molecule has 1 aromatic carbocycles. The van der Waals surface area contributed by atoms with Crippen molar-refractivity contribution in [3.63, 3.8) is 0 Å². The molecule has 2 rings (SSSR count). The number of aryl methyl sites for hydroxylation is 3.